The number of carboxylic acids is 1. The van der Waals surface area contributed by atoms with Crippen molar-refractivity contribution in [2.75, 3.05) is 13.2 Å². The maximum absolute atomic E-state index is 10.2. The van der Waals surface area contributed by atoms with Crippen LogP contribution in [0, 0.1) is 5.41 Å². The van der Waals surface area contributed by atoms with E-state index in [9.17, 15) is 4.79 Å². The summed E-state index contributed by atoms with van der Waals surface area (Å²) in [5.74, 6) is -1.19. The van der Waals surface area contributed by atoms with Crippen LogP contribution in [0.15, 0.2) is 0 Å². The van der Waals surface area contributed by atoms with Crippen molar-refractivity contribution in [3.8, 4) is 0 Å². The van der Waals surface area contributed by atoms with Gasteiger partial charge in [0, 0.05) is 0 Å². The molecule has 0 saturated carbocycles. The molecule has 0 amide bonds. The summed E-state index contributed by atoms with van der Waals surface area (Å²) in [7, 11) is 0. The molecule has 3 N–H and O–H groups in total. The summed E-state index contributed by atoms with van der Waals surface area (Å²) in [6.45, 7) is 0.187. The summed E-state index contributed by atoms with van der Waals surface area (Å²) in [5, 5.41) is 25.1. The van der Waals surface area contributed by atoms with Crippen LogP contribution in [0.2, 0.25) is 0 Å². The van der Waals surface area contributed by atoms with E-state index in [2.05, 4.69) is 0 Å². The van der Waals surface area contributed by atoms with Crippen molar-refractivity contribution in [2.45, 2.75) is 6.92 Å². The molecule has 0 radical (unpaired) electrons. The molecule has 0 aromatic carbocycles. The second kappa shape index (κ2) is 5.09. The number of rotatable bonds is 3. The number of hydrogen-bond donors (Lipinski definition) is 3. The summed E-state index contributed by atoms with van der Waals surface area (Å²) in [6.07, 6.45) is 0. The van der Waals surface area contributed by atoms with Gasteiger partial charge < -0.3 is 15.3 Å². The van der Waals surface area contributed by atoms with Crippen LogP contribution < -0.4 is 0 Å². The Bertz CT molecular complexity index is 110. The molecule has 0 fully saturated rings. The number of hydrogen-bond acceptors (Lipinski definition) is 3. The van der Waals surface area contributed by atoms with Crippen molar-refractivity contribution >= 4 is 35.5 Å². The molecular formula is C5H11NaO4. The quantitative estimate of drug-likeness (QED) is 0.433. The fourth-order valence-electron chi connectivity index (χ4n) is 0.185. The van der Waals surface area contributed by atoms with Crippen LogP contribution in [0.4, 0.5) is 0 Å². The van der Waals surface area contributed by atoms with Crippen molar-refractivity contribution in [3.05, 3.63) is 0 Å². The van der Waals surface area contributed by atoms with E-state index in [-0.39, 0.29) is 29.6 Å². The fourth-order valence-corrected chi connectivity index (χ4v) is 0.185. The van der Waals surface area contributed by atoms with Crippen LogP contribution in [-0.4, -0.2) is 64.1 Å². The SMILES string of the molecule is CC(CO)(CO)C(=O)O.[NaH]. The molecule has 0 rings (SSSR count). The Morgan fingerprint density at radius 2 is 1.70 bits per heavy atom. The summed E-state index contributed by atoms with van der Waals surface area (Å²) in [6, 6.07) is 0. The number of aliphatic carboxylic acids is 1. The predicted octanol–water partition coefficient (Wildman–Crippen LogP) is -1.59. The molecule has 0 aromatic rings. The van der Waals surface area contributed by atoms with Gasteiger partial charge in [0.1, 0.15) is 5.41 Å². The first-order valence-electron chi connectivity index (χ1n) is 2.52. The number of aliphatic hydroxyl groups is 2. The summed E-state index contributed by atoms with van der Waals surface area (Å²) >= 11 is 0. The Morgan fingerprint density at radius 3 is 1.70 bits per heavy atom. The molecule has 56 valence electrons. The molecule has 0 aliphatic carbocycles. The molecule has 0 atom stereocenters. The number of aliphatic hydroxyl groups excluding tert-OH is 2. The molecule has 0 bridgehead atoms. The van der Waals surface area contributed by atoms with E-state index in [1.54, 1.807) is 0 Å². The van der Waals surface area contributed by atoms with E-state index in [1.165, 1.54) is 6.92 Å². The molecule has 0 aliphatic rings. The molecule has 0 aromatic heterocycles. The zero-order chi connectivity index (χ0) is 7.49. The van der Waals surface area contributed by atoms with E-state index < -0.39 is 24.6 Å². The summed E-state index contributed by atoms with van der Waals surface area (Å²) < 4.78 is 0. The van der Waals surface area contributed by atoms with Gasteiger partial charge in [0.05, 0.1) is 13.2 Å². The van der Waals surface area contributed by atoms with Crippen LogP contribution in [0.3, 0.4) is 0 Å². The molecule has 5 heteroatoms. The summed E-state index contributed by atoms with van der Waals surface area (Å²) in [5.41, 5.74) is -1.39. The third-order valence-electron chi connectivity index (χ3n) is 1.21. The van der Waals surface area contributed by atoms with Crippen molar-refractivity contribution in [1.82, 2.24) is 0 Å². The van der Waals surface area contributed by atoms with E-state index in [0.717, 1.165) is 0 Å². The zero-order valence-electron chi connectivity index (χ0n) is 5.16. The van der Waals surface area contributed by atoms with Crippen LogP contribution in [0.25, 0.3) is 0 Å². The van der Waals surface area contributed by atoms with Crippen molar-refractivity contribution in [2.24, 2.45) is 5.41 Å². The van der Waals surface area contributed by atoms with Gasteiger partial charge in [-0.3, -0.25) is 4.79 Å². The molecule has 0 spiro atoms. The fraction of sp³-hybridized carbons (Fsp3) is 0.800. The van der Waals surface area contributed by atoms with Crippen molar-refractivity contribution in [1.29, 1.82) is 0 Å². The Morgan fingerprint density at radius 1 is 1.40 bits per heavy atom. The first kappa shape index (κ1) is 13.0. The van der Waals surface area contributed by atoms with Gasteiger partial charge in [-0.2, -0.15) is 0 Å². The van der Waals surface area contributed by atoms with Crippen molar-refractivity contribution < 1.29 is 20.1 Å². The molecule has 0 aliphatic heterocycles. The first-order valence-corrected chi connectivity index (χ1v) is 2.52. The van der Waals surface area contributed by atoms with E-state index in [0.29, 0.717) is 0 Å². The normalized spacial score (nSPS) is 10.3. The Kier molecular flexibility index (Phi) is 6.63. The Labute approximate surface area is 81.2 Å². The second-order valence-electron chi connectivity index (χ2n) is 2.18. The second-order valence-corrected chi connectivity index (χ2v) is 2.18. The van der Waals surface area contributed by atoms with Gasteiger partial charge in [0.2, 0.25) is 0 Å². The van der Waals surface area contributed by atoms with Gasteiger partial charge in [-0.05, 0) is 6.92 Å². The van der Waals surface area contributed by atoms with Gasteiger partial charge in [0.15, 0.2) is 0 Å². The van der Waals surface area contributed by atoms with Crippen LogP contribution in [-0.2, 0) is 4.79 Å². The zero-order valence-corrected chi connectivity index (χ0v) is 5.16. The van der Waals surface area contributed by atoms with Crippen LogP contribution >= 0.6 is 0 Å². The Balaban J connectivity index is 0. The topological polar surface area (TPSA) is 77.8 Å². The Hall–Kier alpha value is 0.390. The standard InChI is InChI=1S/C5H10O4.Na.H/c1-5(2-6,3-7)4(8)9;;/h6-7H,2-3H2,1H3,(H,8,9);;. The van der Waals surface area contributed by atoms with Gasteiger partial charge in [-0.15, -0.1) is 0 Å². The van der Waals surface area contributed by atoms with E-state index in [4.69, 9.17) is 15.3 Å². The molecule has 0 saturated heterocycles. The monoisotopic (exact) mass is 158 g/mol. The average Bonchev–Trinajstić information content (AvgIpc) is 1.86. The minimum atomic E-state index is -1.39. The van der Waals surface area contributed by atoms with Crippen LogP contribution in [0.1, 0.15) is 6.92 Å². The van der Waals surface area contributed by atoms with Crippen LogP contribution in [0.5, 0.6) is 0 Å². The molecular weight excluding hydrogens is 147 g/mol. The van der Waals surface area contributed by atoms with E-state index in [1.807, 2.05) is 0 Å². The van der Waals surface area contributed by atoms with Crippen molar-refractivity contribution in [3.63, 3.8) is 0 Å². The molecule has 4 nitrogen and oxygen atoms in total. The van der Waals surface area contributed by atoms with Gasteiger partial charge >= 0.3 is 35.5 Å². The molecule has 0 heterocycles. The molecule has 10 heavy (non-hydrogen) atoms. The third-order valence-corrected chi connectivity index (χ3v) is 1.21. The average molecular weight is 158 g/mol. The predicted molar refractivity (Wildman–Crippen MR) is 37.1 cm³/mol. The van der Waals surface area contributed by atoms with Gasteiger partial charge in [-0.1, -0.05) is 0 Å². The molecule has 0 unspecified atom stereocenters. The van der Waals surface area contributed by atoms with E-state index >= 15 is 0 Å². The minimum absolute atomic E-state index is 0. The number of carbonyl (C=O) groups is 1. The van der Waals surface area contributed by atoms with Gasteiger partial charge in [0.25, 0.3) is 0 Å². The first-order chi connectivity index (χ1) is 4.06. The summed E-state index contributed by atoms with van der Waals surface area (Å²) in [4.78, 5) is 10.2. The maximum atomic E-state index is 10.2. The number of carboxylic acid groups (broad SMARTS) is 1. The van der Waals surface area contributed by atoms with Gasteiger partial charge in [-0.25, -0.2) is 0 Å². The third kappa shape index (κ3) is 2.98.